The molecule has 1 aromatic heterocycles. The van der Waals surface area contributed by atoms with E-state index in [1.807, 2.05) is 41.0 Å². The Bertz CT molecular complexity index is 1600. The number of nitrogens with one attached hydrogen (secondary N) is 1. The Hall–Kier alpha value is -4.34. The normalized spacial score (nSPS) is 22.8. The van der Waals surface area contributed by atoms with Gasteiger partial charge in [-0.3, -0.25) is 19.7 Å². The molecule has 42 heavy (non-hydrogen) atoms. The van der Waals surface area contributed by atoms with Crippen LogP contribution in [0.25, 0.3) is 0 Å². The van der Waals surface area contributed by atoms with Crippen molar-refractivity contribution >= 4 is 17.3 Å². The molecule has 0 unspecified atom stereocenters. The predicted molar refractivity (Wildman–Crippen MR) is 158 cm³/mol. The van der Waals surface area contributed by atoms with Gasteiger partial charge in [-0.25, -0.2) is 0 Å². The minimum Gasteiger partial charge on any atom is -0.493 e. The van der Waals surface area contributed by atoms with Gasteiger partial charge in [0.25, 0.3) is 11.2 Å². The van der Waals surface area contributed by atoms with E-state index in [0.717, 1.165) is 28.9 Å². The molecule has 1 saturated heterocycles. The number of benzene rings is 2. The van der Waals surface area contributed by atoms with Gasteiger partial charge in [-0.2, -0.15) is 0 Å². The smallest absolute Gasteiger partial charge is 0.269 e. The first-order valence-electron chi connectivity index (χ1n) is 14.5. The minimum absolute atomic E-state index is 0.0168. The molecule has 10 nitrogen and oxygen atoms in total. The van der Waals surface area contributed by atoms with Gasteiger partial charge in [-0.15, -0.1) is 0 Å². The van der Waals surface area contributed by atoms with Gasteiger partial charge in [0.05, 0.1) is 31.1 Å². The zero-order valence-electron chi connectivity index (χ0n) is 24.3. The lowest BCUT2D eigenvalue weighted by molar-refractivity contribution is -0.384. The summed E-state index contributed by atoms with van der Waals surface area (Å²) in [5, 5.41) is 15.0. The van der Waals surface area contributed by atoms with Crippen LogP contribution in [-0.4, -0.2) is 42.2 Å². The number of carbonyl (C=O) groups excluding carboxylic acids is 1. The molecule has 1 fully saturated rings. The zero-order chi connectivity index (χ0) is 29.7. The Kier molecular flexibility index (Phi) is 7.16. The lowest BCUT2D eigenvalue weighted by Gasteiger charge is -2.54. The van der Waals surface area contributed by atoms with E-state index >= 15 is 0 Å². The number of carbonyl (C=O) groups is 1. The molecule has 2 bridgehead atoms. The maximum absolute atomic E-state index is 14.3. The third-order valence-electron chi connectivity index (χ3n) is 9.27. The number of fused-ring (bicyclic) bond motifs is 8. The molecule has 5 atom stereocenters. The molecule has 220 valence electrons. The maximum atomic E-state index is 14.3. The maximum Gasteiger partial charge on any atom is 0.269 e. The van der Waals surface area contributed by atoms with Crippen molar-refractivity contribution in [2.75, 3.05) is 25.7 Å². The first-order valence-corrected chi connectivity index (χ1v) is 14.5. The number of aromatic nitrogens is 1. The summed E-state index contributed by atoms with van der Waals surface area (Å²) in [7, 11) is 3.17. The molecule has 0 radical (unpaired) electrons. The van der Waals surface area contributed by atoms with E-state index in [1.54, 1.807) is 32.4 Å². The molecule has 3 aliphatic rings. The SMILES string of the molecule is COc1ccc([C@H](NC(=O)[C@@H]2Cc3cc([N+](=O)[O-])ccc3N3C[C@H]4C[C@@H](Cn5c4cccc5=O)[C@@H]23)C(C)C)cc1OC. The molecular weight excluding hydrogens is 536 g/mol. The third-order valence-corrected chi connectivity index (χ3v) is 9.27. The lowest BCUT2D eigenvalue weighted by Crippen LogP contribution is -2.61. The van der Waals surface area contributed by atoms with Crippen molar-refractivity contribution in [2.24, 2.45) is 17.8 Å². The van der Waals surface area contributed by atoms with Crippen molar-refractivity contribution in [1.29, 1.82) is 0 Å². The number of nitro benzene ring substituents is 1. The number of hydrogen-bond donors (Lipinski definition) is 1. The molecular formula is C32H36N4O6. The number of rotatable bonds is 7. The summed E-state index contributed by atoms with van der Waals surface area (Å²) >= 11 is 0. The molecule has 0 saturated carbocycles. The van der Waals surface area contributed by atoms with Gasteiger partial charge in [0.2, 0.25) is 5.91 Å². The molecule has 0 spiro atoms. The number of hydrogen-bond acceptors (Lipinski definition) is 7. The number of amides is 1. The van der Waals surface area contributed by atoms with Crippen LogP contribution in [0.5, 0.6) is 11.5 Å². The van der Waals surface area contributed by atoms with Crippen molar-refractivity contribution in [1.82, 2.24) is 9.88 Å². The van der Waals surface area contributed by atoms with Crippen LogP contribution in [0.2, 0.25) is 0 Å². The molecule has 6 rings (SSSR count). The number of nitrogens with zero attached hydrogens (tertiary/aromatic N) is 3. The number of ether oxygens (including phenoxy) is 2. The van der Waals surface area contributed by atoms with Gasteiger partial charge in [-0.05, 0) is 60.1 Å². The highest BCUT2D eigenvalue weighted by molar-refractivity contribution is 5.83. The summed E-state index contributed by atoms with van der Waals surface area (Å²) in [6.07, 6.45) is 1.28. The van der Waals surface area contributed by atoms with E-state index in [2.05, 4.69) is 24.1 Å². The van der Waals surface area contributed by atoms with Gasteiger partial charge in [0, 0.05) is 54.6 Å². The summed E-state index contributed by atoms with van der Waals surface area (Å²) in [5.41, 5.74) is 3.67. The molecule has 3 aliphatic heterocycles. The summed E-state index contributed by atoms with van der Waals surface area (Å²) < 4.78 is 12.8. The van der Waals surface area contributed by atoms with Crippen molar-refractivity contribution in [2.45, 2.75) is 51.2 Å². The lowest BCUT2D eigenvalue weighted by atomic mass is 9.70. The van der Waals surface area contributed by atoms with Crippen LogP contribution in [0.15, 0.2) is 59.4 Å². The fraction of sp³-hybridized carbons (Fsp3) is 0.438. The van der Waals surface area contributed by atoms with Crippen LogP contribution >= 0.6 is 0 Å². The molecule has 4 heterocycles. The second kappa shape index (κ2) is 10.8. The van der Waals surface area contributed by atoms with Gasteiger partial charge >= 0.3 is 0 Å². The van der Waals surface area contributed by atoms with E-state index in [-0.39, 0.29) is 51.9 Å². The largest absolute Gasteiger partial charge is 0.493 e. The Labute approximate surface area is 244 Å². The Morgan fingerprint density at radius 1 is 1.05 bits per heavy atom. The highest BCUT2D eigenvalue weighted by atomic mass is 16.6. The summed E-state index contributed by atoms with van der Waals surface area (Å²) in [6.45, 7) is 5.30. The number of methoxy groups -OCH3 is 2. The molecule has 10 heteroatoms. The third kappa shape index (κ3) is 4.68. The highest BCUT2D eigenvalue weighted by Crippen LogP contribution is 2.48. The van der Waals surface area contributed by atoms with Crippen molar-refractivity contribution in [3.8, 4) is 11.5 Å². The number of pyridine rings is 1. The molecule has 3 aromatic rings. The first-order chi connectivity index (χ1) is 20.2. The van der Waals surface area contributed by atoms with Gasteiger partial charge < -0.3 is 24.3 Å². The van der Waals surface area contributed by atoms with Crippen LogP contribution < -0.4 is 25.2 Å². The minimum atomic E-state index is -0.451. The monoisotopic (exact) mass is 572 g/mol. The van der Waals surface area contributed by atoms with Crippen LogP contribution in [0, 0.1) is 27.9 Å². The topological polar surface area (TPSA) is 116 Å². The average molecular weight is 573 g/mol. The van der Waals surface area contributed by atoms with Gasteiger partial charge in [0.1, 0.15) is 0 Å². The Balaban J connectivity index is 1.38. The molecule has 2 aromatic carbocycles. The van der Waals surface area contributed by atoms with E-state index < -0.39 is 5.92 Å². The standard InChI is InChI=1S/C32H36N4O6/c1-18(2)30(19-8-11-27(41-3)28(15-19)42-4)33-32(38)24-14-20-13-23(36(39)40)9-10-26(20)35-16-21-12-22(31(24)35)17-34-25(21)6-5-7-29(34)37/h5-11,13,15,18,21-22,24,30-31H,12,14,16-17H2,1-4H3,(H,33,38)/t21-,22+,24-,30-,31+/m1/s1. The fourth-order valence-electron chi connectivity index (χ4n) is 7.39. The van der Waals surface area contributed by atoms with Crippen LogP contribution in [0.3, 0.4) is 0 Å². The zero-order valence-corrected chi connectivity index (χ0v) is 24.3. The fourth-order valence-corrected chi connectivity index (χ4v) is 7.39. The molecule has 1 N–H and O–H groups in total. The first kappa shape index (κ1) is 27.8. The quantitative estimate of drug-likeness (QED) is 0.328. The number of non-ortho nitro benzene ring substituents is 1. The van der Waals surface area contributed by atoms with E-state index in [9.17, 15) is 19.7 Å². The van der Waals surface area contributed by atoms with E-state index in [1.165, 1.54) is 0 Å². The summed E-state index contributed by atoms with van der Waals surface area (Å²) in [6, 6.07) is 15.6. The van der Waals surface area contributed by atoms with E-state index in [0.29, 0.717) is 31.0 Å². The molecule has 1 amide bonds. The second-order valence-corrected chi connectivity index (χ2v) is 12.0. The van der Waals surface area contributed by atoms with Crippen molar-refractivity contribution < 1.29 is 19.2 Å². The number of piperidine rings is 1. The molecule has 0 aliphatic carbocycles. The Morgan fingerprint density at radius 2 is 1.83 bits per heavy atom. The second-order valence-electron chi connectivity index (χ2n) is 12.0. The average Bonchev–Trinajstić information content (AvgIpc) is 2.99. The van der Waals surface area contributed by atoms with Crippen molar-refractivity contribution in [3.63, 3.8) is 0 Å². The van der Waals surface area contributed by atoms with Gasteiger partial charge in [-0.1, -0.05) is 26.0 Å². The van der Waals surface area contributed by atoms with Crippen molar-refractivity contribution in [3.05, 3.63) is 91.9 Å². The van der Waals surface area contributed by atoms with Gasteiger partial charge in [0.15, 0.2) is 11.5 Å². The highest BCUT2D eigenvalue weighted by Gasteiger charge is 2.49. The summed E-state index contributed by atoms with van der Waals surface area (Å²) in [5.74, 6) is 0.942. The van der Waals surface area contributed by atoms with Crippen LogP contribution in [0.1, 0.15) is 49.0 Å². The summed E-state index contributed by atoms with van der Waals surface area (Å²) in [4.78, 5) is 40.7. The van der Waals surface area contributed by atoms with E-state index in [4.69, 9.17) is 9.47 Å². The van der Waals surface area contributed by atoms with Crippen LogP contribution in [-0.2, 0) is 17.8 Å². The Morgan fingerprint density at radius 3 is 2.55 bits per heavy atom. The number of nitro groups is 1. The predicted octanol–water partition coefficient (Wildman–Crippen LogP) is 4.45. The van der Waals surface area contributed by atoms with Crippen LogP contribution in [0.4, 0.5) is 11.4 Å². The number of anilines is 1.